The van der Waals surface area contributed by atoms with E-state index in [1.54, 1.807) is 14.2 Å². The van der Waals surface area contributed by atoms with E-state index in [2.05, 4.69) is 32.9 Å². The first-order valence-corrected chi connectivity index (χ1v) is 16.8. The first kappa shape index (κ1) is 21.0. The summed E-state index contributed by atoms with van der Waals surface area (Å²) in [6.07, 6.45) is 7.50. The van der Waals surface area contributed by atoms with E-state index in [0.717, 1.165) is 5.76 Å². The van der Waals surface area contributed by atoms with Gasteiger partial charge in [0.15, 0.2) is 0 Å². The molecular formula is C19H36O3Sn. The molecule has 3 nitrogen and oxygen atoms in total. The Morgan fingerprint density at radius 2 is 1.35 bits per heavy atom. The minimum atomic E-state index is -2.45. The molecule has 0 unspecified atom stereocenters. The number of rotatable bonds is 13. The SMILES string of the molecule is CCC[CH2][Sn]([CH2]CCC)([CH2]CCC)[c]1ccc(C(OC)OC)o1. The molecule has 23 heavy (non-hydrogen) atoms. The number of ether oxygens (including phenoxy) is 2. The van der Waals surface area contributed by atoms with Crippen LogP contribution >= 0.6 is 0 Å². The third-order valence-electron chi connectivity index (χ3n) is 4.84. The summed E-state index contributed by atoms with van der Waals surface area (Å²) in [6.45, 7) is 6.90. The second-order valence-electron chi connectivity index (χ2n) is 6.60. The normalized spacial score (nSPS) is 12.3. The standard InChI is InChI=1S/C7H9O3.3C4H9.Sn/c1-8-7(9-2)6-4-3-5-10-6;3*1-3-4-2;/h3-4,7H,1-2H3;3*1,3-4H2,2H3;. The van der Waals surface area contributed by atoms with Crippen LogP contribution in [0.2, 0.25) is 13.3 Å². The van der Waals surface area contributed by atoms with E-state index < -0.39 is 18.4 Å². The van der Waals surface area contributed by atoms with Crippen molar-refractivity contribution >= 4 is 22.2 Å². The van der Waals surface area contributed by atoms with Crippen LogP contribution in [0.3, 0.4) is 0 Å². The minimum absolute atomic E-state index is 0.378. The average Bonchev–Trinajstić information content (AvgIpc) is 3.06. The van der Waals surface area contributed by atoms with E-state index in [1.807, 2.05) is 0 Å². The van der Waals surface area contributed by atoms with Gasteiger partial charge in [-0.1, -0.05) is 0 Å². The Hall–Kier alpha value is -0.00130. The van der Waals surface area contributed by atoms with E-state index >= 15 is 0 Å². The van der Waals surface area contributed by atoms with Gasteiger partial charge in [0.05, 0.1) is 0 Å². The van der Waals surface area contributed by atoms with Crippen molar-refractivity contribution in [1.82, 2.24) is 0 Å². The Morgan fingerprint density at radius 3 is 1.74 bits per heavy atom. The van der Waals surface area contributed by atoms with Gasteiger partial charge in [0.1, 0.15) is 0 Å². The monoisotopic (exact) mass is 432 g/mol. The van der Waals surface area contributed by atoms with Crippen LogP contribution < -0.4 is 3.78 Å². The molecule has 1 aromatic heterocycles. The second-order valence-corrected chi connectivity index (χ2v) is 19.6. The molecular weight excluding hydrogens is 395 g/mol. The molecule has 4 heteroatoms. The summed E-state index contributed by atoms with van der Waals surface area (Å²) < 4.78 is 22.6. The first-order valence-electron chi connectivity index (χ1n) is 9.33. The van der Waals surface area contributed by atoms with Gasteiger partial charge in [-0.05, 0) is 0 Å². The van der Waals surface area contributed by atoms with E-state index in [9.17, 15) is 0 Å². The molecule has 1 rings (SSSR count). The topological polar surface area (TPSA) is 31.6 Å². The van der Waals surface area contributed by atoms with Crippen LogP contribution in [0.25, 0.3) is 0 Å². The molecule has 0 N–H and O–H groups in total. The molecule has 0 aliphatic heterocycles. The summed E-state index contributed by atoms with van der Waals surface area (Å²) in [7, 11) is 3.33. The van der Waals surface area contributed by atoms with Crippen LogP contribution in [0.15, 0.2) is 16.5 Å². The van der Waals surface area contributed by atoms with Crippen molar-refractivity contribution in [3.63, 3.8) is 0 Å². The Kier molecular flexibility index (Phi) is 10.6. The van der Waals surface area contributed by atoms with Gasteiger partial charge in [-0.3, -0.25) is 0 Å². The average molecular weight is 431 g/mol. The van der Waals surface area contributed by atoms with Crippen LogP contribution in [0, 0.1) is 0 Å². The van der Waals surface area contributed by atoms with Crippen molar-refractivity contribution in [3.8, 4) is 0 Å². The second kappa shape index (κ2) is 11.5. The maximum atomic E-state index is 6.33. The molecule has 0 amide bonds. The number of furan rings is 1. The zero-order valence-electron chi connectivity index (χ0n) is 15.8. The van der Waals surface area contributed by atoms with Gasteiger partial charge in [0.25, 0.3) is 0 Å². The van der Waals surface area contributed by atoms with Gasteiger partial charge >= 0.3 is 147 Å². The number of hydrogen-bond donors (Lipinski definition) is 0. The van der Waals surface area contributed by atoms with E-state index in [-0.39, 0.29) is 6.29 Å². The molecule has 0 saturated carbocycles. The van der Waals surface area contributed by atoms with Crippen molar-refractivity contribution in [1.29, 1.82) is 0 Å². The molecule has 0 bridgehead atoms. The zero-order chi connectivity index (χ0) is 17.1. The summed E-state index contributed by atoms with van der Waals surface area (Å²) in [5, 5.41) is 0. The predicted octanol–water partition coefficient (Wildman–Crippen LogP) is 5.63. The summed E-state index contributed by atoms with van der Waals surface area (Å²) in [6, 6.07) is 4.32. The van der Waals surface area contributed by atoms with Crippen molar-refractivity contribution in [2.45, 2.75) is 78.9 Å². The summed E-state index contributed by atoms with van der Waals surface area (Å²) >= 11 is -2.45. The number of methoxy groups -OCH3 is 2. The molecule has 134 valence electrons. The van der Waals surface area contributed by atoms with E-state index in [1.165, 1.54) is 55.6 Å². The molecule has 0 atom stereocenters. The van der Waals surface area contributed by atoms with Crippen LogP contribution in [0.5, 0.6) is 0 Å². The number of hydrogen-bond acceptors (Lipinski definition) is 3. The quantitative estimate of drug-likeness (QED) is 0.300. The Morgan fingerprint density at radius 1 is 0.870 bits per heavy atom. The summed E-state index contributed by atoms with van der Waals surface area (Å²) in [5.74, 6) is 0.829. The third kappa shape index (κ3) is 6.09. The van der Waals surface area contributed by atoms with Gasteiger partial charge in [-0.25, -0.2) is 0 Å². The summed E-state index contributed by atoms with van der Waals surface area (Å²) in [5.41, 5.74) is 0. The van der Waals surface area contributed by atoms with Gasteiger partial charge < -0.3 is 0 Å². The van der Waals surface area contributed by atoms with Crippen LogP contribution in [-0.4, -0.2) is 32.6 Å². The molecule has 0 spiro atoms. The molecule has 0 radical (unpaired) electrons. The van der Waals surface area contributed by atoms with Gasteiger partial charge in [-0.15, -0.1) is 0 Å². The molecule has 0 aliphatic carbocycles. The van der Waals surface area contributed by atoms with Crippen molar-refractivity contribution in [3.05, 3.63) is 17.9 Å². The van der Waals surface area contributed by atoms with E-state index in [0.29, 0.717) is 0 Å². The Labute approximate surface area is 147 Å². The fourth-order valence-corrected chi connectivity index (χ4v) is 18.7. The van der Waals surface area contributed by atoms with E-state index in [4.69, 9.17) is 13.9 Å². The maximum absolute atomic E-state index is 6.33. The van der Waals surface area contributed by atoms with Crippen LogP contribution in [0.4, 0.5) is 0 Å². The zero-order valence-corrected chi connectivity index (χ0v) is 18.7. The van der Waals surface area contributed by atoms with Crippen molar-refractivity contribution in [2.24, 2.45) is 0 Å². The van der Waals surface area contributed by atoms with Crippen LogP contribution in [-0.2, 0) is 9.47 Å². The molecule has 0 aliphatic rings. The van der Waals surface area contributed by atoms with Crippen molar-refractivity contribution in [2.75, 3.05) is 14.2 Å². The molecule has 0 saturated heterocycles. The van der Waals surface area contributed by atoms with Crippen molar-refractivity contribution < 1.29 is 13.9 Å². The molecule has 0 aromatic carbocycles. The molecule has 0 fully saturated rings. The van der Waals surface area contributed by atoms with Gasteiger partial charge in [0, 0.05) is 0 Å². The predicted molar refractivity (Wildman–Crippen MR) is 100 cm³/mol. The van der Waals surface area contributed by atoms with Gasteiger partial charge in [-0.2, -0.15) is 0 Å². The Bertz CT molecular complexity index is 391. The molecule has 1 heterocycles. The third-order valence-corrected chi connectivity index (χ3v) is 19.8. The first-order chi connectivity index (χ1) is 11.2. The van der Waals surface area contributed by atoms with Gasteiger partial charge in [0.2, 0.25) is 0 Å². The Balaban J connectivity index is 3.08. The van der Waals surface area contributed by atoms with Crippen LogP contribution in [0.1, 0.15) is 71.3 Å². The fraction of sp³-hybridized carbons (Fsp3) is 0.789. The fourth-order valence-electron chi connectivity index (χ4n) is 3.38. The number of unbranched alkanes of at least 4 members (excludes halogenated alkanes) is 3. The molecule has 1 aromatic rings. The summed E-state index contributed by atoms with van der Waals surface area (Å²) in [4.78, 5) is 0.